The van der Waals surface area contributed by atoms with Gasteiger partial charge in [0.1, 0.15) is 0 Å². The molecule has 2 aromatic carbocycles. The predicted octanol–water partition coefficient (Wildman–Crippen LogP) is 2.23. The van der Waals surface area contributed by atoms with Crippen LogP contribution in [0.4, 0.5) is 0 Å². The van der Waals surface area contributed by atoms with Gasteiger partial charge in [0.05, 0.1) is 12.7 Å². The number of rotatable bonds is 6. The first kappa shape index (κ1) is 14.0. The summed E-state index contributed by atoms with van der Waals surface area (Å²) in [6, 6.07) is 14.1. The van der Waals surface area contributed by atoms with Crippen molar-refractivity contribution in [2.75, 3.05) is 13.2 Å². The normalized spacial score (nSPS) is 14.5. The first-order chi connectivity index (χ1) is 9.24. The van der Waals surface area contributed by atoms with E-state index >= 15 is 0 Å². The summed E-state index contributed by atoms with van der Waals surface area (Å²) >= 11 is 0. The zero-order valence-electron chi connectivity index (χ0n) is 11.2. The Hall–Kier alpha value is -1.42. The van der Waals surface area contributed by atoms with Gasteiger partial charge in [-0.15, -0.1) is 0 Å². The topological polar surface area (TPSA) is 52.5 Å². The van der Waals surface area contributed by atoms with Gasteiger partial charge in [-0.25, -0.2) is 0 Å². The van der Waals surface area contributed by atoms with Crippen LogP contribution in [0, 0.1) is 0 Å². The average Bonchev–Trinajstić information content (AvgIpc) is 2.47. The average molecular weight is 259 g/mol. The molecule has 19 heavy (non-hydrogen) atoms. The number of benzene rings is 2. The fraction of sp³-hybridized carbons (Fsp3) is 0.375. The number of hydrogen-bond donors (Lipinski definition) is 3. The molecule has 0 aliphatic rings. The standard InChI is InChI=1S/C16H21NO2/c1-2-15(11-18)17-10-16(19)14-8-7-12-5-3-4-6-13(12)9-14/h3-9,15-19H,2,10-11H2,1H3/t15-,16-/m1/s1. The Labute approximate surface area is 113 Å². The Bertz CT molecular complexity index is 523. The molecule has 2 rings (SSSR count). The molecule has 0 bridgehead atoms. The smallest absolute Gasteiger partial charge is 0.0914 e. The molecular weight excluding hydrogens is 238 g/mol. The fourth-order valence-corrected chi connectivity index (χ4v) is 2.15. The summed E-state index contributed by atoms with van der Waals surface area (Å²) in [5.41, 5.74) is 0.902. The lowest BCUT2D eigenvalue weighted by Gasteiger charge is -2.18. The summed E-state index contributed by atoms with van der Waals surface area (Å²) in [7, 11) is 0. The second kappa shape index (κ2) is 6.66. The van der Waals surface area contributed by atoms with E-state index in [1.165, 1.54) is 5.39 Å². The van der Waals surface area contributed by atoms with Crippen LogP contribution in [0.1, 0.15) is 25.0 Å². The van der Waals surface area contributed by atoms with Gasteiger partial charge in [0.15, 0.2) is 0 Å². The minimum atomic E-state index is -0.551. The van der Waals surface area contributed by atoms with Crippen molar-refractivity contribution >= 4 is 10.8 Å². The molecule has 102 valence electrons. The van der Waals surface area contributed by atoms with Gasteiger partial charge in [0.2, 0.25) is 0 Å². The van der Waals surface area contributed by atoms with E-state index in [1.54, 1.807) is 0 Å². The van der Waals surface area contributed by atoms with Gasteiger partial charge >= 0.3 is 0 Å². The maximum absolute atomic E-state index is 10.2. The van der Waals surface area contributed by atoms with Crippen LogP contribution in [0.15, 0.2) is 42.5 Å². The van der Waals surface area contributed by atoms with E-state index < -0.39 is 6.10 Å². The van der Waals surface area contributed by atoms with Crippen molar-refractivity contribution in [1.29, 1.82) is 0 Å². The van der Waals surface area contributed by atoms with Crippen LogP contribution in [0.5, 0.6) is 0 Å². The van der Waals surface area contributed by atoms with Crippen molar-refractivity contribution < 1.29 is 10.2 Å². The third-order valence-electron chi connectivity index (χ3n) is 3.47. The zero-order chi connectivity index (χ0) is 13.7. The molecule has 3 heteroatoms. The maximum atomic E-state index is 10.2. The highest BCUT2D eigenvalue weighted by molar-refractivity contribution is 5.83. The second-order valence-electron chi connectivity index (χ2n) is 4.82. The SMILES string of the molecule is CC[C@H](CO)NC[C@@H](O)c1ccc2ccccc2c1. The maximum Gasteiger partial charge on any atom is 0.0914 e. The van der Waals surface area contributed by atoms with Gasteiger partial charge < -0.3 is 15.5 Å². The Morgan fingerprint density at radius 1 is 1.11 bits per heavy atom. The molecular formula is C16H21NO2. The molecule has 0 fully saturated rings. The van der Waals surface area contributed by atoms with Crippen LogP contribution >= 0.6 is 0 Å². The highest BCUT2D eigenvalue weighted by atomic mass is 16.3. The number of nitrogens with one attached hydrogen (secondary N) is 1. The van der Waals surface area contributed by atoms with Crippen molar-refractivity contribution in [3.63, 3.8) is 0 Å². The van der Waals surface area contributed by atoms with E-state index in [4.69, 9.17) is 5.11 Å². The lowest BCUT2D eigenvalue weighted by Crippen LogP contribution is -2.34. The molecule has 2 aromatic rings. The number of aliphatic hydroxyl groups excluding tert-OH is 2. The Kier molecular flexibility index (Phi) is 4.91. The number of fused-ring (bicyclic) bond motifs is 1. The molecule has 0 heterocycles. The third kappa shape index (κ3) is 3.53. The molecule has 3 nitrogen and oxygen atoms in total. The molecule has 0 spiro atoms. The summed E-state index contributed by atoms with van der Waals surface area (Å²) < 4.78 is 0. The van der Waals surface area contributed by atoms with E-state index in [-0.39, 0.29) is 12.6 Å². The summed E-state index contributed by atoms with van der Waals surface area (Å²) in [5.74, 6) is 0. The van der Waals surface area contributed by atoms with Crippen molar-refractivity contribution in [2.45, 2.75) is 25.5 Å². The molecule has 0 radical (unpaired) electrons. The summed E-state index contributed by atoms with van der Waals surface area (Å²) in [6.07, 6.45) is 0.297. The highest BCUT2D eigenvalue weighted by Crippen LogP contribution is 2.20. The summed E-state index contributed by atoms with van der Waals surface area (Å²) in [5, 5.41) is 24.8. The van der Waals surface area contributed by atoms with E-state index in [0.29, 0.717) is 6.54 Å². The van der Waals surface area contributed by atoms with Crippen molar-refractivity contribution in [2.24, 2.45) is 0 Å². The van der Waals surface area contributed by atoms with Gasteiger partial charge in [0.25, 0.3) is 0 Å². The van der Waals surface area contributed by atoms with Crippen LogP contribution in [-0.2, 0) is 0 Å². The molecule has 2 atom stereocenters. The van der Waals surface area contributed by atoms with E-state index in [9.17, 15) is 5.11 Å². The molecule has 0 saturated carbocycles. The Morgan fingerprint density at radius 3 is 2.53 bits per heavy atom. The van der Waals surface area contributed by atoms with Gasteiger partial charge in [-0.2, -0.15) is 0 Å². The van der Waals surface area contributed by atoms with Crippen LogP contribution in [0.2, 0.25) is 0 Å². The third-order valence-corrected chi connectivity index (χ3v) is 3.47. The first-order valence-corrected chi connectivity index (χ1v) is 6.75. The highest BCUT2D eigenvalue weighted by Gasteiger charge is 2.10. The second-order valence-corrected chi connectivity index (χ2v) is 4.82. The fourth-order valence-electron chi connectivity index (χ4n) is 2.15. The predicted molar refractivity (Wildman–Crippen MR) is 78.1 cm³/mol. The van der Waals surface area contributed by atoms with Crippen LogP contribution in [0.25, 0.3) is 10.8 Å². The van der Waals surface area contributed by atoms with Crippen LogP contribution < -0.4 is 5.32 Å². The van der Waals surface area contributed by atoms with E-state index in [0.717, 1.165) is 17.4 Å². The van der Waals surface area contributed by atoms with Crippen LogP contribution in [-0.4, -0.2) is 29.4 Å². The van der Waals surface area contributed by atoms with Gasteiger partial charge in [-0.05, 0) is 28.8 Å². The lowest BCUT2D eigenvalue weighted by molar-refractivity contribution is 0.158. The van der Waals surface area contributed by atoms with Crippen molar-refractivity contribution in [3.05, 3.63) is 48.0 Å². The zero-order valence-corrected chi connectivity index (χ0v) is 11.2. The molecule has 0 aliphatic heterocycles. The van der Waals surface area contributed by atoms with Gasteiger partial charge in [-0.1, -0.05) is 43.3 Å². The van der Waals surface area contributed by atoms with Gasteiger partial charge in [0, 0.05) is 12.6 Å². The number of hydrogen-bond acceptors (Lipinski definition) is 3. The first-order valence-electron chi connectivity index (χ1n) is 6.75. The minimum Gasteiger partial charge on any atom is -0.395 e. The molecule has 0 amide bonds. The monoisotopic (exact) mass is 259 g/mol. The molecule has 0 saturated heterocycles. The molecule has 0 unspecified atom stereocenters. The Balaban J connectivity index is 2.06. The minimum absolute atomic E-state index is 0.0510. The summed E-state index contributed by atoms with van der Waals surface area (Å²) in [4.78, 5) is 0. The van der Waals surface area contributed by atoms with Crippen LogP contribution in [0.3, 0.4) is 0 Å². The van der Waals surface area contributed by atoms with E-state index in [1.807, 2.05) is 43.3 Å². The molecule has 0 aromatic heterocycles. The Morgan fingerprint density at radius 2 is 1.84 bits per heavy atom. The quantitative estimate of drug-likeness (QED) is 0.745. The van der Waals surface area contributed by atoms with Gasteiger partial charge in [-0.3, -0.25) is 0 Å². The van der Waals surface area contributed by atoms with E-state index in [2.05, 4.69) is 11.4 Å². The van der Waals surface area contributed by atoms with Crippen molar-refractivity contribution in [3.8, 4) is 0 Å². The molecule has 0 aliphatic carbocycles. The number of aliphatic hydroxyl groups is 2. The largest absolute Gasteiger partial charge is 0.395 e. The molecule has 3 N–H and O–H groups in total. The summed E-state index contributed by atoms with van der Waals surface area (Å²) in [6.45, 7) is 2.56. The van der Waals surface area contributed by atoms with Crippen molar-refractivity contribution in [1.82, 2.24) is 5.32 Å². The lowest BCUT2D eigenvalue weighted by atomic mass is 10.0.